The minimum atomic E-state index is -0.611. The van der Waals surface area contributed by atoms with Crippen LogP contribution >= 0.6 is 11.6 Å². The third-order valence-corrected chi connectivity index (χ3v) is 8.33. The van der Waals surface area contributed by atoms with Crippen molar-refractivity contribution in [3.8, 4) is 0 Å². The Labute approximate surface area is 246 Å². The number of fused-ring (bicyclic) bond motifs is 1. The van der Waals surface area contributed by atoms with Gasteiger partial charge in [0.1, 0.15) is 5.02 Å². The predicted octanol–water partition coefficient (Wildman–Crippen LogP) is 5.29. The Morgan fingerprint density at radius 3 is 2.66 bits per heavy atom. The molecule has 0 unspecified atom stereocenters. The zero-order chi connectivity index (χ0) is 29.3. The Morgan fingerprint density at radius 2 is 1.95 bits per heavy atom. The van der Waals surface area contributed by atoms with Crippen molar-refractivity contribution in [2.75, 3.05) is 49.7 Å². The summed E-state index contributed by atoms with van der Waals surface area (Å²) in [5, 5.41) is 10.1. The van der Waals surface area contributed by atoms with E-state index in [1.165, 1.54) is 5.56 Å². The van der Waals surface area contributed by atoms with Crippen molar-refractivity contribution in [3.63, 3.8) is 0 Å². The highest BCUT2D eigenvalue weighted by atomic mass is 35.5. The highest BCUT2D eigenvalue weighted by molar-refractivity contribution is 6.32. The average molecular weight is 576 g/mol. The molecular formula is C31H38ClN7O2. The molecule has 0 saturated carbocycles. The summed E-state index contributed by atoms with van der Waals surface area (Å²) < 4.78 is 0. The molecule has 1 fully saturated rings. The van der Waals surface area contributed by atoms with Gasteiger partial charge in [0.25, 0.3) is 0 Å². The zero-order valence-corrected chi connectivity index (χ0v) is 25.1. The molecule has 3 heterocycles. The molecule has 216 valence electrons. The van der Waals surface area contributed by atoms with Gasteiger partial charge in [-0.15, -0.1) is 0 Å². The van der Waals surface area contributed by atoms with Crippen LogP contribution in [0, 0.1) is 6.92 Å². The number of rotatable bonds is 8. The number of carbonyl (C=O) groups is 2. The number of aryl methyl sites for hydroxylation is 1. The minimum Gasteiger partial charge on any atom is -0.365 e. The van der Waals surface area contributed by atoms with Crippen LogP contribution < -0.4 is 16.0 Å². The molecule has 9 nitrogen and oxygen atoms in total. The lowest BCUT2D eigenvalue weighted by Gasteiger charge is -2.33. The predicted molar refractivity (Wildman–Crippen MR) is 164 cm³/mol. The van der Waals surface area contributed by atoms with Crippen LogP contribution in [0.3, 0.4) is 0 Å². The number of amides is 2. The Balaban J connectivity index is 1.24. The second-order valence-corrected chi connectivity index (χ2v) is 12.2. The third-order valence-electron chi connectivity index (χ3n) is 8.05. The van der Waals surface area contributed by atoms with Crippen LogP contribution in [0.2, 0.25) is 5.02 Å². The molecule has 0 aliphatic carbocycles. The average Bonchev–Trinajstić information content (AvgIpc) is 3.17. The smallest absolute Gasteiger partial charge is 0.236 e. The van der Waals surface area contributed by atoms with Crippen LogP contribution in [0.15, 0.2) is 42.6 Å². The maximum atomic E-state index is 12.5. The van der Waals surface area contributed by atoms with E-state index < -0.39 is 5.41 Å². The minimum absolute atomic E-state index is 0.00606. The van der Waals surface area contributed by atoms with Gasteiger partial charge in [0, 0.05) is 31.0 Å². The normalized spacial score (nSPS) is 16.5. The number of anilines is 4. The topological polar surface area (TPSA) is 102 Å². The fourth-order valence-electron chi connectivity index (χ4n) is 5.75. The number of likely N-dealkylation sites (N-methyl/N-ethyl adjacent to an activating group) is 1. The van der Waals surface area contributed by atoms with Crippen molar-refractivity contribution in [2.45, 2.75) is 51.5 Å². The molecule has 2 aliphatic heterocycles. The SMILES string of the molecule is Cc1cc(C2CCN(C(=O)CN(C)C)CC2)ccc1Nc1ncc(Cl)c(NCc2cccc3c2C(C)(C)C(=O)N3)n1. The van der Waals surface area contributed by atoms with Crippen molar-refractivity contribution in [1.29, 1.82) is 0 Å². The number of nitrogens with one attached hydrogen (secondary N) is 3. The summed E-state index contributed by atoms with van der Waals surface area (Å²) in [4.78, 5) is 37.8. The maximum Gasteiger partial charge on any atom is 0.236 e. The van der Waals surface area contributed by atoms with E-state index in [0.29, 0.717) is 35.8 Å². The Bertz CT molecular complexity index is 1460. The second kappa shape index (κ2) is 11.7. The maximum absolute atomic E-state index is 12.5. The van der Waals surface area contributed by atoms with E-state index in [2.05, 4.69) is 51.0 Å². The molecule has 2 amide bonds. The van der Waals surface area contributed by atoms with Gasteiger partial charge in [-0.2, -0.15) is 4.98 Å². The van der Waals surface area contributed by atoms with E-state index in [1.807, 2.05) is 55.9 Å². The first-order valence-corrected chi connectivity index (χ1v) is 14.4. The van der Waals surface area contributed by atoms with E-state index >= 15 is 0 Å². The van der Waals surface area contributed by atoms with Crippen LogP contribution in [0.1, 0.15) is 54.9 Å². The van der Waals surface area contributed by atoms with Crippen LogP contribution in [0.25, 0.3) is 0 Å². The number of benzene rings is 2. The molecule has 1 saturated heterocycles. The van der Waals surface area contributed by atoms with E-state index in [1.54, 1.807) is 6.20 Å². The number of halogens is 1. The van der Waals surface area contributed by atoms with Gasteiger partial charge in [0.2, 0.25) is 17.8 Å². The highest BCUT2D eigenvalue weighted by Gasteiger charge is 2.39. The zero-order valence-electron chi connectivity index (χ0n) is 24.3. The molecule has 0 atom stereocenters. The lowest BCUT2D eigenvalue weighted by atomic mass is 9.83. The van der Waals surface area contributed by atoms with Crippen LogP contribution in [-0.2, 0) is 21.5 Å². The van der Waals surface area contributed by atoms with Crippen molar-refractivity contribution in [3.05, 3.63) is 69.9 Å². The van der Waals surface area contributed by atoms with Gasteiger partial charge in [-0.1, -0.05) is 35.9 Å². The number of hydrogen-bond acceptors (Lipinski definition) is 7. The molecule has 0 bridgehead atoms. The molecule has 3 N–H and O–H groups in total. The van der Waals surface area contributed by atoms with Crippen LogP contribution in [-0.4, -0.2) is 65.3 Å². The first-order chi connectivity index (χ1) is 19.5. The van der Waals surface area contributed by atoms with E-state index in [-0.39, 0.29) is 11.8 Å². The Hall–Kier alpha value is -3.69. The molecule has 3 aromatic rings. The summed E-state index contributed by atoms with van der Waals surface area (Å²) in [7, 11) is 3.85. The van der Waals surface area contributed by atoms with Crippen LogP contribution in [0.5, 0.6) is 0 Å². The van der Waals surface area contributed by atoms with Gasteiger partial charge >= 0.3 is 0 Å². The molecule has 2 aromatic carbocycles. The largest absolute Gasteiger partial charge is 0.365 e. The highest BCUT2D eigenvalue weighted by Crippen LogP contribution is 2.40. The van der Waals surface area contributed by atoms with Crippen molar-refractivity contribution >= 4 is 46.6 Å². The number of nitrogens with zero attached hydrogens (tertiary/aromatic N) is 4. The van der Waals surface area contributed by atoms with E-state index in [9.17, 15) is 9.59 Å². The van der Waals surface area contributed by atoms with Gasteiger partial charge in [0.15, 0.2) is 5.82 Å². The number of aromatic nitrogens is 2. The quantitative estimate of drug-likeness (QED) is 0.335. The van der Waals surface area contributed by atoms with Crippen molar-refractivity contribution in [1.82, 2.24) is 19.8 Å². The monoisotopic (exact) mass is 575 g/mol. The number of carbonyl (C=O) groups excluding carboxylic acids is 2. The molecule has 1 aromatic heterocycles. The number of piperidine rings is 1. The first kappa shape index (κ1) is 28.8. The lowest BCUT2D eigenvalue weighted by Crippen LogP contribution is -2.42. The summed E-state index contributed by atoms with van der Waals surface area (Å²) in [5.74, 6) is 1.58. The number of likely N-dealkylation sites (tertiary alicyclic amines) is 1. The third kappa shape index (κ3) is 6.16. The van der Waals surface area contributed by atoms with E-state index in [4.69, 9.17) is 11.6 Å². The molecule has 10 heteroatoms. The van der Waals surface area contributed by atoms with E-state index in [0.717, 1.165) is 54.0 Å². The summed E-state index contributed by atoms with van der Waals surface area (Å²) in [6.07, 6.45) is 3.51. The summed E-state index contributed by atoms with van der Waals surface area (Å²) in [6, 6.07) is 12.3. The number of hydrogen-bond donors (Lipinski definition) is 3. The standard InChI is InChI=1S/C31H38ClN7O2/c1-19-15-21(20-11-13-39(14-12-20)26(40)18-38(4)5)9-10-24(19)36-30-34-17-23(32)28(37-30)33-16-22-7-6-8-25-27(22)31(2,3)29(41)35-25/h6-10,15,17,20H,11-14,16,18H2,1-5H3,(H,35,41)(H2,33,34,36,37). The fraction of sp³-hybridized carbons (Fsp3) is 0.419. The Kier molecular flexibility index (Phi) is 8.20. The molecule has 0 spiro atoms. The summed E-state index contributed by atoms with van der Waals surface area (Å²) in [5.41, 5.74) is 5.54. The summed E-state index contributed by atoms with van der Waals surface area (Å²) >= 11 is 6.45. The first-order valence-electron chi connectivity index (χ1n) is 14.0. The van der Waals surface area contributed by atoms with Gasteiger partial charge in [-0.3, -0.25) is 9.59 Å². The summed E-state index contributed by atoms with van der Waals surface area (Å²) in [6.45, 7) is 8.44. The van der Waals surface area contributed by atoms with Crippen molar-refractivity contribution in [2.24, 2.45) is 0 Å². The molecule has 2 aliphatic rings. The second-order valence-electron chi connectivity index (χ2n) is 11.8. The molecule has 5 rings (SSSR count). The van der Waals surface area contributed by atoms with Gasteiger partial charge < -0.3 is 25.8 Å². The molecular weight excluding hydrogens is 538 g/mol. The molecule has 41 heavy (non-hydrogen) atoms. The van der Waals surface area contributed by atoms with Gasteiger partial charge in [-0.25, -0.2) is 4.98 Å². The van der Waals surface area contributed by atoms with Crippen molar-refractivity contribution < 1.29 is 9.59 Å². The Morgan fingerprint density at radius 1 is 1.20 bits per heavy atom. The van der Waals surface area contributed by atoms with Gasteiger partial charge in [-0.05, 0) is 88.0 Å². The molecule has 0 radical (unpaired) electrons. The fourth-order valence-corrected chi connectivity index (χ4v) is 5.90. The van der Waals surface area contributed by atoms with Crippen LogP contribution in [0.4, 0.5) is 23.1 Å². The van der Waals surface area contributed by atoms with Gasteiger partial charge in [0.05, 0.1) is 18.2 Å². The lowest BCUT2D eigenvalue weighted by molar-refractivity contribution is -0.132.